The lowest BCUT2D eigenvalue weighted by atomic mass is 10.1. The third-order valence-electron chi connectivity index (χ3n) is 2.03. The molecule has 3 heteroatoms. The number of rotatable bonds is 3. The Morgan fingerprint density at radius 1 is 1.47 bits per heavy atom. The van der Waals surface area contributed by atoms with Gasteiger partial charge in [-0.15, -0.1) is 0 Å². The summed E-state index contributed by atoms with van der Waals surface area (Å²) in [5.41, 5.74) is 4.41. The third kappa shape index (κ3) is 3.51. The van der Waals surface area contributed by atoms with Crippen molar-refractivity contribution in [2.45, 2.75) is 20.8 Å². The molecule has 0 saturated carbocycles. The summed E-state index contributed by atoms with van der Waals surface area (Å²) < 4.78 is 0.878. The molecule has 0 aliphatic heterocycles. The SMILES string of the molecule is C=C(Br)/C=C(C)/C=C(\C)c1nc[nH]c1C. The number of aromatic nitrogens is 2. The van der Waals surface area contributed by atoms with Gasteiger partial charge in [0.1, 0.15) is 0 Å². The summed E-state index contributed by atoms with van der Waals surface area (Å²) in [6.07, 6.45) is 5.78. The van der Waals surface area contributed by atoms with Gasteiger partial charge in [0, 0.05) is 10.2 Å². The minimum Gasteiger partial charge on any atom is -0.348 e. The molecule has 0 spiro atoms. The normalized spacial score (nSPS) is 13.1. The summed E-state index contributed by atoms with van der Waals surface area (Å²) in [6, 6.07) is 0. The quantitative estimate of drug-likeness (QED) is 0.824. The fourth-order valence-electron chi connectivity index (χ4n) is 1.45. The third-order valence-corrected chi connectivity index (χ3v) is 2.26. The number of allylic oxidation sites excluding steroid dienone is 5. The second-order valence-electron chi connectivity index (χ2n) is 3.54. The maximum Gasteiger partial charge on any atom is 0.0929 e. The van der Waals surface area contributed by atoms with Gasteiger partial charge in [0.05, 0.1) is 12.0 Å². The van der Waals surface area contributed by atoms with Crippen LogP contribution in [0.3, 0.4) is 0 Å². The van der Waals surface area contributed by atoms with Crippen molar-refractivity contribution in [3.8, 4) is 0 Å². The van der Waals surface area contributed by atoms with Crippen molar-refractivity contribution in [3.05, 3.63) is 46.5 Å². The molecule has 0 unspecified atom stereocenters. The van der Waals surface area contributed by atoms with Crippen LogP contribution in [0.5, 0.6) is 0 Å². The van der Waals surface area contributed by atoms with Crippen molar-refractivity contribution in [1.29, 1.82) is 0 Å². The minimum absolute atomic E-state index is 0.878. The summed E-state index contributed by atoms with van der Waals surface area (Å²) in [6.45, 7) is 9.88. The van der Waals surface area contributed by atoms with Crippen LogP contribution in [0.2, 0.25) is 0 Å². The molecule has 0 atom stereocenters. The predicted octanol–water partition coefficient (Wildman–Crippen LogP) is 3.98. The lowest BCUT2D eigenvalue weighted by Crippen LogP contribution is -1.84. The number of aromatic amines is 1. The second kappa shape index (κ2) is 5.12. The highest BCUT2D eigenvalue weighted by Crippen LogP contribution is 2.17. The van der Waals surface area contributed by atoms with E-state index in [1.165, 1.54) is 0 Å². The van der Waals surface area contributed by atoms with Crippen LogP contribution in [0, 0.1) is 6.92 Å². The fraction of sp³-hybridized carbons (Fsp3) is 0.250. The molecule has 15 heavy (non-hydrogen) atoms. The second-order valence-corrected chi connectivity index (χ2v) is 4.56. The number of H-pyrrole nitrogens is 1. The molecule has 0 saturated heterocycles. The van der Waals surface area contributed by atoms with Gasteiger partial charge in [0.25, 0.3) is 0 Å². The molecule has 1 heterocycles. The van der Waals surface area contributed by atoms with Crippen molar-refractivity contribution in [3.63, 3.8) is 0 Å². The van der Waals surface area contributed by atoms with Gasteiger partial charge >= 0.3 is 0 Å². The summed E-state index contributed by atoms with van der Waals surface area (Å²) in [5, 5.41) is 0. The van der Waals surface area contributed by atoms with E-state index in [9.17, 15) is 0 Å². The van der Waals surface area contributed by atoms with Crippen molar-refractivity contribution in [2.24, 2.45) is 0 Å². The van der Waals surface area contributed by atoms with Crippen LogP contribution in [0.25, 0.3) is 5.57 Å². The van der Waals surface area contributed by atoms with E-state index in [0.29, 0.717) is 0 Å². The minimum atomic E-state index is 0.878. The Morgan fingerprint density at radius 3 is 2.60 bits per heavy atom. The maximum atomic E-state index is 4.26. The largest absolute Gasteiger partial charge is 0.348 e. The number of nitrogens with one attached hydrogen (secondary N) is 1. The first kappa shape index (κ1) is 12.0. The van der Waals surface area contributed by atoms with Gasteiger partial charge in [-0.1, -0.05) is 28.6 Å². The van der Waals surface area contributed by atoms with Gasteiger partial charge in [0.15, 0.2) is 0 Å². The molecule has 0 radical (unpaired) electrons. The average molecular weight is 267 g/mol. The molecular formula is C12H15BrN2. The Kier molecular flexibility index (Phi) is 4.09. The van der Waals surface area contributed by atoms with Crippen molar-refractivity contribution in [1.82, 2.24) is 9.97 Å². The van der Waals surface area contributed by atoms with Crippen LogP contribution < -0.4 is 0 Å². The van der Waals surface area contributed by atoms with Crippen molar-refractivity contribution < 1.29 is 0 Å². The van der Waals surface area contributed by atoms with Crippen LogP contribution in [0.15, 0.2) is 35.1 Å². The highest BCUT2D eigenvalue weighted by molar-refractivity contribution is 9.11. The lowest BCUT2D eigenvalue weighted by Gasteiger charge is -1.99. The molecule has 1 rings (SSSR count). The molecule has 1 N–H and O–H groups in total. The van der Waals surface area contributed by atoms with Gasteiger partial charge < -0.3 is 4.98 Å². The van der Waals surface area contributed by atoms with Gasteiger partial charge in [-0.3, -0.25) is 0 Å². The molecule has 1 aromatic rings. The number of halogens is 1. The lowest BCUT2D eigenvalue weighted by molar-refractivity contribution is 1.25. The van der Waals surface area contributed by atoms with E-state index in [1.54, 1.807) is 6.33 Å². The average Bonchev–Trinajstić information content (AvgIpc) is 2.49. The van der Waals surface area contributed by atoms with Gasteiger partial charge in [-0.25, -0.2) is 4.98 Å². The van der Waals surface area contributed by atoms with Gasteiger partial charge in [-0.2, -0.15) is 0 Å². The summed E-state index contributed by atoms with van der Waals surface area (Å²) in [4.78, 5) is 7.33. The Bertz CT molecular complexity index is 425. The van der Waals surface area contributed by atoms with Crippen LogP contribution >= 0.6 is 15.9 Å². The van der Waals surface area contributed by atoms with Crippen molar-refractivity contribution in [2.75, 3.05) is 0 Å². The van der Waals surface area contributed by atoms with E-state index in [4.69, 9.17) is 0 Å². The first-order valence-corrected chi connectivity index (χ1v) is 5.51. The highest BCUT2D eigenvalue weighted by atomic mass is 79.9. The molecule has 0 fully saturated rings. The Balaban J connectivity index is 2.95. The molecule has 0 bridgehead atoms. The molecular weight excluding hydrogens is 252 g/mol. The zero-order valence-corrected chi connectivity index (χ0v) is 10.9. The van der Waals surface area contributed by atoms with Crippen LogP contribution in [0.1, 0.15) is 25.2 Å². The van der Waals surface area contributed by atoms with Crippen LogP contribution in [-0.4, -0.2) is 9.97 Å². The first-order valence-electron chi connectivity index (χ1n) is 4.72. The molecule has 80 valence electrons. The zero-order valence-electron chi connectivity index (χ0n) is 9.26. The number of hydrogen-bond donors (Lipinski definition) is 1. The molecule has 0 amide bonds. The Hall–Kier alpha value is -1.09. The maximum absolute atomic E-state index is 4.26. The molecule has 0 aliphatic rings. The molecule has 1 aromatic heterocycles. The van der Waals surface area contributed by atoms with E-state index < -0.39 is 0 Å². The standard InChI is InChI=1S/C12H15BrN2/c1-8(6-10(3)13)5-9(2)12-11(4)14-7-15-12/h5-7H,3H2,1-2,4H3,(H,14,15)/b8-6+,9-5+. The topological polar surface area (TPSA) is 28.7 Å². The number of aryl methyl sites for hydroxylation is 1. The Labute approximate surface area is 98.9 Å². The van der Waals surface area contributed by atoms with E-state index in [1.807, 2.05) is 19.9 Å². The van der Waals surface area contributed by atoms with E-state index in [0.717, 1.165) is 27.0 Å². The molecule has 0 aromatic carbocycles. The number of hydrogen-bond acceptors (Lipinski definition) is 1. The van der Waals surface area contributed by atoms with Crippen molar-refractivity contribution >= 4 is 21.5 Å². The van der Waals surface area contributed by atoms with E-state index >= 15 is 0 Å². The number of nitrogens with zero attached hydrogens (tertiary/aromatic N) is 1. The number of imidazole rings is 1. The summed E-state index contributed by atoms with van der Waals surface area (Å²) >= 11 is 3.31. The van der Waals surface area contributed by atoms with E-state index in [2.05, 4.69) is 45.5 Å². The van der Waals surface area contributed by atoms with E-state index in [-0.39, 0.29) is 0 Å². The smallest absolute Gasteiger partial charge is 0.0929 e. The predicted molar refractivity (Wildman–Crippen MR) is 68.8 cm³/mol. The Morgan fingerprint density at radius 2 is 2.13 bits per heavy atom. The zero-order chi connectivity index (χ0) is 11.4. The van der Waals surface area contributed by atoms with Crippen LogP contribution in [-0.2, 0) is 0 Å². The first-order chi connectivity index (χ1) is 7.00. The summed E-state index contributed by atoms with van der Waals surface area (Å²) in [5.74, 6) is 0. The highest BCUT2D eigenvalue weighted by Gasteiger charge is 2.02. The van der Waals surface area contributed by atoms with Gasteiger partial charge in [0.2, 0.25) is 0 Å². The van der Waals surface area contributed by atoms with Gasteiger partial charge in [-0.05, 0) is 38.0 Å². The summed E-state index contributed by atoms with van der Waals surface area (Å²) in [7, 11) is 0. The van der Waals surface area contributed by atoms with Crippen LogP contribution in [0.4, 0.5) is 0 Å². The monoisotopic (exact) mass is 266 g/mol. The molecule has 2 nitrogen and oxygen atoms in total. The fourth-order valence-corrected chi connectivity index (χ4v) is 1.82. The molecule has 0 aliphatic carbocycles.